The van der Waals surface area contributed by atoms with E-state index in [1.165, 1.54) is 0 Å². The Balaban J connectivity index is 2.14. The van der Waals surface area contributed by atoms with Crippen molar-refractivity contribution in [3.8, 4) is 17.1 Å². The topological polar surface area (TPSA) is 63.6 Å². The molecule has 0 amide bonds. The third-order valence-corrected chi connectivity index (χ3v) is 3.46. The van der Waals surface area contributed by atoms with Crippen LogP contribution in [-0.4, -0.2) is 5.11 Å². The maximum absolute atomic E-state index is 11.8. The van der Waals surface area contributed by atoms with Crippen LogP contribution >= 0.6 is 0 Å². The van der Waals surface area contributed by atoms with E-state index in [0.29, 0.717) is 27.9 Å². The van der Waals surface area contributed by atoms with Crippen LogP contribution in [0.15, 0.2) is 68.2 Å². The average molecular weight is 278 g/mol. The summed E-state index contributed by atoms with van der Waals surface area (Å²) in [4.78, 5) is 11.8. The third kappa shape index (κ3) is 1.73. The van der Waals surface area contributed by atoms with Crippen LogP contribution in [0.3, 0.4) is 0 Å². The number of rotatable bonds is 1. The smallest absolute Gasteiger partial charge is 0.379 e. The van der Waals surface area contributed by atoms with E-state index < -0.39 is 11.4 Å². The standard InChI is InChI=1S/C17H10O4/c18-16-15(11-6-2-4-8-13(11)21-17(16)19)14-9-10-5-1-3-7-12(10)20-14/h1-9,18H. The molecule has 4 aromatic rings. The molecule has 1 N–H and O–H groups in total. The lowest BCUT2D eigenvalue weighted by molar-refractivity contribution is 0.428. The van der Waals surface area contributed by atoms with Gasteiger partial charge in [0.2, 0.25) is 5.75 Å². The Morgan fingerprint density at radius 1 is 0.857 bits per heavy atom. The lowest BCUT2D eigenvalue weighted by atomic mass is 10.1. The fourth-order valence-corrected chi connectivity index (χ4v) is 2.49. The van der Waals surface area contributed by atoms with Gasteiger partial charge in [-0.25, -0.2) is 4.79 Å². The molecule has 0 bridgehead atoms. The normalized spacial score (nSPS) is 11.2. The fraction of sp³-hybridized carbons (Fsp3) is 0. The zero-order chi connectivity index (χ0) is 14.4. The number of fused-ring (bicyclic) bond motifs is 2. The molecule has 0 fully saturated rings. The predicted molar refractivity (Wildman–Crippen MR) is 79.4 cm³/mol. The number of hydrogen-bond acceptors (Lipinski definition) is 4. The maximum atomic E-state index is 11.8. The molecule has 0 aliphatic carbocycles. The molecule has 4 heteroatoms. The summed E-state index contributed by atoms with van der Waals surface area (Å²) in [6.07, 6.45) is 0. The first kappa shape index (κ1) is 11.8. The Bertz CT molecular complexity index is 991. The molecule has 0 radical (unpaired) electrons. The van der Waals surface area contributed by atoms with Crippen LogP contribution in [0.4, 0.5) is 0 Å². The van der Waals surface area contributed by atoms with E-state index in [1.807, 2.05) is 30.3 Å². The molecule has 0 aliphatic heterocycles. The van der Waals surface area contributed by atoms with Crippen molar-refractivity contribution in [2.75, 3.05) is 0 Å². The fourth-order valence-electron chi connectivity index (χ4n) is 2.49. The molecule has 2 heterocycles. The zero-order valence-corrected chi connectivity index (χ0v) is 10.9. The Labute approximate surface area is 118 Å². The first-order chi connectivity index (χ1) is 10.2. The van der Waals surface area contributed by atoms with E-state index >= 15 is 0 Å². The second kappa shape index (κ2) is 4.24. The highest BCUT2D eigenvalue weighted by atomic mass is 16.4. The minimum atomic E-state index is -0.774. The second-order valence-corrected chi connectivity index (χ2v) is 4.76. The Kier molecular flexibility index (Phi) is 2.38. The number of benzene rings is 2. The maximum Gasteiger partial charge on any atom is 0.379 e. The molecular weight excluding hydrogens is 268 g/mol. The lowest BCUT2D eigenvalue weighted by Gasteiger charge is -2.04. The van der Waals surface area contributed by atoms with Crippen molar-refractivity contribution in [3.05, 3.63) is 65.0 Å². The largest absolute Gasteiger partial charge is 0.501 e. The number of para-hydroxylation sites is 2. The summed E-state index contributed by atoms with van der Waals surface area (Å²) < 4.78 is 10.8. The zero-order valence-electron chi connectivity index (χ0n) is 10.9. The molecule has 0 spiro atoms. The van der Waals surface area contributed by atoms with Gasteiger partial charge in [0.1, 0.15) is 16.9 Å². The van der Waals surface area contributed by atoms with E-state index in [0.717, 1.165) is 5.39 Å². The van der Waals surface area contributed by atoms with Crippen molar-refractivity contribution in [3.63, 3.8) is 0 Å². The monoisotopic (exact) mass is 278 g/mol. The van der Waals surface area contributed by atoms with Gasteiger partial charge in [-0.1, -0.05) is 36.4 Å². The minimum absolute atomic E-state index is 0.359. The SMILES string of the molecule is O=c1oc2ccccc2c(-c2cc3ccccc3o2)c1O. The van der Waals surface area contributed by atoms with Crippen LogP contribution in [0.25, 0.3) is 33.3 Å². The Hall–Kier alpha value is -3.01. The molecule has 2 aromatic carbocycles. The van der Waals surface area contributed by atoms with Crippen LogP contribution in [0.2, 0.25) is 0 Å². The summed E-state index contributed by atoms with van der Waals surface area (Å²) in [5.74, 6) is 0.00514. The van der Waals surface area contributed by atoms with Gasteiger partial charge >= 0.3 is 5.63 Å². The Morgan fingerprint density at radius 3 is 2.38 bits per heavy atom. The summed E-state index contributed by atoms with van der Waals surface area (Å²) >= 11 is 0. The van der Waals surface area contributed by atoms with Crippen molar-refractivity contribution < 1.29 is 13.9 Å². The van der Waals surface area contributed by atoms with Crippen LogP contribution in [0.1, 0.15) is 0 Å². The first-order valence-corrected chi connectivity index (χ1v) is 6.48. The van der Waals surface area contributed by atoms with E-state index in [-0.39, 0.29) is 0 Å². The van der Waals surface area contributed by atoms with Crippen molar-refractivity contribution in [1.82, 2.24) is 0 Å². The van der Waals surface area contributed by atoms with E-state index in [1.54, 1.807) is 24.3 Å². The number of aromatic hydroxyl groups is 1. The van der Waals surface area contributed by atoms with E-state index in [9.17, 15) is 9.90 Å². The van der Waals surface area contributed by atoms with Crippen molar-refractivity contribution in [2.24, 2.45) is 0 Å². The summed E-state index contributed by atoms with van der Waals surface area (Å²) in [6, 6.07) is 16.4. The quantitative estimate of drug-likeness (QED) is 0.536. The first-order valence-electron chi connectivity index (χ1n) is 6.48. The highest BCUT2D eigenvalue weighted by Gasteiger charge is 2.18. The van der Waals surface area contributed by atoms with Crippen LogP contribution < -0.4 is 5.63 Å². The van der Waals surface area contributed by atoms with Crippen LogP contribution in [0, 0.1) is 0 Å². The molecule has 0 aliphatic rings. The lowest BCUT2D eigenvalue weighted by Crippen LogP contribution is -2.00. The van der Waals surface area contributed by atoms with Gasteiger partial charge in [-0.15, -0.1) is 0 Å². The molecule has 4 nitrogen and oxygen atoms in total. The van der Waals surface area contributed by atoms with Crippen molar-refractivity contribution in [2.45, 2.75) is 0 Å². The molecule has 0 saturated heterocycles. The number of furan rings is 1. The minimum Gasteiger partial charge on any atom is -0.501 e. The predicted octanol–water partition coefficient (Wildman–Crippen LogP) is 3.91. The van der Waals surface area contributed by atoms with Crippen molar-refractivity contribution >= 4 is 21.9 Å². The Morgan fingerprint density at radius 2 is 1.57 bits per heavy atom. The van der Waals surface area contributed by atoms with Gasteiger partial charge in [0.15, 0.2) is 0 Å². The van der Waals surface area contributed by atoms with Crippen LogP contribution in [-0.2, 0) is 0 Å². The molecule has 4 rings (SSSR count). The van der Waals surface area contributed by atoms with Crippen molar-refractivity contribution in [1.29, 1.82) is 0 Å². The molecule has 0 atom stereocenters. The third-order valence-electron chi connectivity index (χ3n) is 3.46. The van der Waals surface area contributed by atoms with E-state index in [2.05, 4.69) is 0 Å². The van der Waals surface area contributed by atoms with E-state index in [4.69, 9.17) is 8.83 Å². The summed E-state index contributed by atoms with van der Waals surface area (Å²) in [6.45, 7) is 0. The molecule has 0 saturated carbocycles. The van der Waals surface area contributed by atoms with Crippen LogP contribution in [0.5, 0.6) is 5.75 Å². The molecule has 21 heavy (non-hydrogen) atoms. The van der Waals surface area contributed by atoms with Gasteiger partial charge in [0.05, 0.1) is 5.56 Å². The molecule has 2 aromatic heterocycles. The molecule has 0 unspecified atom stereocenters. The summed E-state index contributed by atoms with van der Waals surface area (Å²) in [7, 11) is 0. The van der Waals surface area contributed by atoms with Gasteiger partial charge in [-0.05, 0) is 18.2 Å². The average Bonchev–Trinajstić information content (AvgIpc) is 2.92. The second-order valence-electron chi connectivity index (χ2n) is 4.76. The molecular formula is C17H10O4. The highest BCUT2D eigenvalue weighted by Crippen LogP contribution is 2.36. The van der Waals surface area contributed by atoms with Gasteiger partial charge in [0.25, 0.3) is 0 Å². The van der Waals surface area contributed by atoms with Gasteiger partial charge in [0, 0.05) is 10.8 Å². The highest BCUT2D eigenvalue weighted by molar-refractivity contribution is 5.97. The van der Waals surface area contributed by atoms with Gasteiger partial charge in [-0.3, -0.25) is 0 Å². The molecule has 102 valence electrons. The van der Waals surface area contributed by atoms with Gasteiger partial charge in [-0.2, -0.15) is 0 Å². The summed E-state index contributed by atoms with van der Waals surface area (Å²) in [5, 5.41) is 11.6. The van der Waals surface area contributed by atoms with Gasteiger partial charge < -0.3 is 13.9 Å². The number of hydrogen-bond donors (Lipinski definition) is 1. The summed E-state index contributed by atoms with van der Waals surface area (Å²) in [5.41, 5.74) is 0.696.